The predicted molar refractivity (Wildman–Crippen MR) is 125 cm³/mol. The van der Waals surface area contributed by atoms with Crippen molar-refractivity contribution in [2.45, 2.75) is 96.8 Å². The number of aromatic hydroxyl groups is 1. The molecular weight excluding hydrogens is 376 g/mol. The summed E-state index contributed by atoms with van der Waals surface area (Å²) in [6.07, 6.45) is 21.2. The highest BCUT2D eigenvalue weighted by molar-refractivity contribution is 5.78. The van der Waals surface area contributed by atoms with Crippen LogP contribution in [-0.2, 0) is 4.79 Å². The standard InChI is InChI=1S/C18H34O2.C8H6O2/c1-2-3-4-5-6-7-8-9-10-11-12-13-14-15-16-17-18(19)20;9-8-5-6-3-1-2-4-7(6)10-8/h9-10H,2-8,11-17H2,1H3,(H,19,20);1-5,9H/b10-9-;. The van der Waals surface area contributed by atoms with Crippen molar-refractivity contribution in [2.24, 2.45) is 0 Å². The van der Waals surface area contributed by atoms with Crippen molar-refractivity contribution in [3.63, 3.8) is 0 Å². The number of carboxylic acid groups (broad SMARTS) is 1. The van der Waals surface area contributed by atoms with E-state index < -0.39 is 5.97 Å². The summed E-state index contributed by atoms with van der Waals surface area (Å²) in [4.78, 5) is 10.3. The van der Waals surface area contributed by atoms with Crippen LogP contribution < -0.4 is 0 Å². The molecule has 0 unspecified atom stereocenters. The molecule has 1 heterocycles. The molecule has 0 bridgehead atoms. The molecule has 2 aromatic rings. The third-order valence-corrected chi connectivity index (χ3v) is 5.06. The largest absolute Gasteiger partial charge is 0.481 e. The first-order valence-corrected chi connectivity index (χ1v) is 11.7. The first-order valence-electron chi connectivity index (χ1n) is 11.7. The topological polar surface area (TPSA) is 70.7 Å². The molecule has 0 aliphatic carbocycles. The van der Waals surface area contributed by atoms with Crippen molar-refractivity contribution < 1.29 is 19.4 Å². The maximum absolute atomic E-state index is 10.3. The fraction of sp³-hybridized carbons (Fsp3) is 0.577. The number of furan rings is 1. The van der Waals surface area contributed by atoms with Crippen molar-refractivity contribution in [2.75, 3.05) is 0 Å². The second-order valence-corrected chi connectivity index (χ2v) is 7.85. The fourth-order valence-corrected chi connectivity index (χ4v) is 3.31. The van der Waals surface area contributed by atoms with Crippen LogP contribution in [0.1, 0.15) is 96.8 Å². The summed E-state index contributed by atoms with van der Waals surface area (Å²) in [6, 6.07) is 9.06. The lowest BCUT2D eigenvalue weighted by molar-refractivity contribution is -0.137. The van der Waals surface area contributed by atoms with Gasteiger partial charge in [0.25, 0.3) is 5.95 Å². The Morgan fingerprint density at radius 2 is 1.43 bits per heavy atom. The van der Waals surface area contributed by atoms with Gasteiger partial charge in [0.05, 0.1) is 0 Å². The zero-order valence-corrected chi connectivity index (χ0v) is 18.7. The molecule has 2 rings (SSSR count). The molecule has 0 radical (unpaired) electrons. The Balaban J connectivity index is 0.000000367. The fourth-order valence-electron chi connectivity index (χ4n) is 3.31. The molecule has 1 aromatic carbocycles. The van der Waals surface area contributed by atoms with E-state index in [0.717, 1.165) is 23.8 Å². The number of unbranched alkanes of at least 4 members (excludes halogenated alkanes) is 11. The molecule has 1 aromatic heterocycles. The van der Waals surface area contributed by atoms with Crippen molar-refractivity contribution in [1.29, 1.82) is 0 Å². The second kappa shape index (κ2) is 17.6. The van der Waals surface area contributed by atoms with E-state index in [1.54, 1.807) is 6.07 Å². The highest BCUT2D eigenvalue weighted by atomic mass is 16.5. The molecule has 0 saturated carbocycles. The molecule has 0 spiro atoms. The van der Waals surface area contributed by atoms with Gasteiger partial charge in [-0.15, -0.1) is 0 Å². The van der Waals surface area contributed by atoms with E-state index in [1.165, 1.54) is 70.6 Å². The summed E-state index contributed by atoms with van der Waals surface area (Å²) in [5, 5.41) is 18.3. The molecule has 0 fully saturated rings. The maximum Gasteiger partial charge on any atom is 0.303 e. The predicted octanol–water partition coefficient (Wildman–Crippen LogP) is 8.25. The summed E-state index contributed by atoms with van der Waals surface area (Å²) in [5.41, 5.74) is 0.722. The van der Waals surface area contributed by atoms with Crippen LogP contribution in [0, 0.1) is 0 Å². The number of carboxylic acids is 1. The molecule has 0 saturated heterocycles. The van der Waals surface area contributed by atoms with Gasteiger partial charge >= 0.3 is 5.97 Å². The van der Waals surface area contributed by atoms with Crippen LogP contribution in [-0.4, -0.2) is 16.2 Å². The van der Waals surface area contributed by atoms with Gasteiger partial charge in [-0.3, -0.25) is 4.79 Å². The monoisotopic (exact) mass is 416 g/mol. The van der Waals surface area contributed by atoms with Gasteiger partial charge in [0.2, 0.25) is 0 Å². The minimum Gasteiger partial charge on any atom is -0.481 e. The van der Waals surface area contributed by atoms with E-state index >= 15 is 0 Å². The number of hydrogen-bond donors (Lipinski definition) is 2. The van der Waals surface area contributed by atoms with Crippen molar-refractivity contribution in [1.82, 2.24) is 0 Å². The Hall–Kier alpha value is -2.23. The molecule has 30 heavy (non-hydrogen) atoms. The normalized spacial score (nSPS) is 11.0. The SMILES string of the molecule is CCCCCCCC/C=C\CCCCCCCC(=O)O.Oc1cc2ccccc2o1. The van der Waals surface area contributed by atoms with Gasteiger partial charge in [0.15, 0.2) is 0 Å². The van der Waals surface area contributed by atoms with E-state index in [2.05, 4.69) is 19.1 Å². The lowest BCUT2D eigenvalue weighted by Gasteiger charge is -1.99. The maximum atomic E-state index is 10.3. The van der Waals surface area contributed by atoms with Crippen molar-refractivity contribution in [3.05, 3.63) is 42.5 Å². The number of carbonyl (C=O) groups is 1. The summed E-state index contributed by atoms with van der Waals surface area (Å²) in [6.45, 7) is 2.26. The summed E-state index contributed by atoms with van der Waals surface area (Å²) < 4.78 is 4.92. The Morgan fingerprint density at radius 3 is 2.03 bits per heavy atom. The van der Waals surface area contributed by atoms with Gasteiger partial charge in [0, 0.05) is 17.9 Å². The van der Waals surface area contributed by atoms with Gasteiger partial charge in [-0.2, -0.15) is 0 Å². The van der Waals surface area contributed by atoms with Crippen LogP contribution in [0.5, 0.6) is 5.95 Å². The number of rotatable bonds is 15. The van der Waals surface area contributed by atoms with Crippen molar-refractivity contribution in [3.8, 4) is 5.95 Å². The Labute approximate surface area is 182 Å². The molecule has 4 nitrogen and oxygen atoms in total. The molecule has 4 heteroatoms. The van der Waals surface area contributed by atoms with E-state index in [9.17, 15) is 4.79 Å². The van der Waals surface area contributed by atoms with Crippen molar-refractivity contribution >= 4 is 16.9 Å². The first kappa shape index (κ1) is 25.8. The quantitative estimate of drug-likeness (QED) is 0.226. The molecular formula is C26H40O4. The van der Waals surface area contributed by atoms with Gasteiger partial charge in [0.1, 0.15) is 5.58 Å². The lowest BCUT2D eigenvalue weighted by Crippen LogP contribution is -1.93. The minimum atomic E-state index is -0.664. The van der Waals surface area contributed by atoms with Crippen LogP contribution in [0.15, 0.2) is 46.9 Å². The molecule has 168 valence electrons. The molecule has 0 aliphatic rings. The molecule has 2 N–H and O–H groups in total. The second-order valence-electron chi connectivity index (χ2n) is 7.85. The van der Waals surface area contributed by atoms with Crippen LogP contribution in [0.3, 0.4) is 0 Å². The van der Waals surface area contributed by atoms with Crippen LogP contribution >= 0.6 is 0 Å². The first-order chi connectivity index (χ1) is 14.6. The van der Waals surface area contributed by atoms with Gasteiger partial charge in [-0.05, 0) is 38.2 Å². The summed E-state index contributed by atoms with van der Waals surface area (Å²) in [5.74, 6) is -0.691. The van der Waals surface area contributed by atoms with E-state index in [1.807, 2.05) is 24.3 Å². The number of aliphatic carboxylic acids is 1. The van der Waals surface area contributed by atoms with Gasteiger partial charge in [-0.25, -0.2) is 0 Å². The molecule has 0 aliphatic heterocycles. The number of hydrogen-bond acceptors (Lipinski definition) is 3. The van der Waals surface area contributed by atoms with E-state index in [0.29, 0.717) is 6.42 Å². The van der Waals surface area contributed by atoms with Crippen LogP contribution in [0.2, 0.25) is 0 Å². The smallest absolute Gasteiger partial charge is 0.303 e. The van der Waals surface area contributed by atoms with Gasteiger partial charge in [-0.1, -0.05) is 88.6 Å². The zero-order valence-electron chi connectivity index (χ0n) is 18.7. The number of allylic oxidation sites excluding steroid dienone is 2. The number of fused-ring (bicyclic) bond motifs is 1. The number of para-hydroxylation sites is 1. The zero-order chi connectivity index (χ0) is 21.9. The highest BCUT2D eigenvalue weighted by Gasteiger charge is 1.98. The molecule has 0 atom stereocenters. The molecule has 0 amide bonds. The van der Waals surface area contributed by atoms with Crippen LogP contribution in [0.4, 0.5) is 0 Å². The highest BCUT2D eigenvalue weighted by Crippen LogP contribution is 2.22. The minimum absolute atomic E-state index is 0.0267. The summed E-state index contributed by atoms with van der Waals surface area (Å²) in [7, 11) is 0. The third kappa shape index (κ3) is 13.9. The average molecular weight is 417 g/mol. The van der Waals surface area contributed by atoms with Gasteiger partial charge < -0.3 is 14.6 Å². The Kier molecular flexibility index (Phi) is 15.2. The summed E-state index contributed by atoms with van der Waals surface area (Å²) >= 11 is 0. The van der Waals surface area contributed by atoms with Crippen LogP contribution in [0.25, 0.3) is 11.0 Å². The lowest BCUT2D eigenvalue weighted by atomic mass is 10.1. The average Bonchev–Trinajstić information content (AvgIpc) is 3.11. The number of benzene rings is 1. The van der Waals surface area contributed by atoms with E-state index in [4.69, 9.17) is 14.6 Å². The third-order valence-electron chi connectivity index (χ3n) is 5.06. The Bertz CT molecular complexity index is 669. The Morgan fingerprint density at radius 1 is 0.867 bits per heavy atom. The van der Waals surface area contributed by atoms with E-state index in [-0.39, 0.29) is 5.95 Å².